The number of oxazole rings is 1. The Kier molecular flexibility index (Phi) is 5.93. The molecule has 3 aromatic rings. The first kappa shape index (κ1) is 18.7. The summed E-state index contributed by atoms with van der Waals surface area (Å²) in [5.41, 5.74) is 1.65. The molecule has 2 aromatic carbocycles. The highest BCUT2D eigenvalue weighted by molar-refractivity contribution is 6.30. The summed E-state index contributed by atoms with van der Waals surface area (Å²) in [5, 5.41) is 5.98. The summed E-state index contributed by atoms with van der Waals surface area (Å²) in [6.07, 6.45) is 0.133. The molecule has 7 nitrogen and oxygen atoms in total. The molecule has 1 heterocycles. The van der Waals surface area contributed by atoms with Crippen LogP contribution in [-0.2, 0) is 11.3 Å². The van der Waals surface area contributed by atoms with Crippen LogP contribution >= 0.6 is 11.6 Å². The average Bonchev–Trinajstić information content (AvgIpc) is 2.99. The van der Waals surface area contributed by atoms with Crippen molar-refractivity contribution >= 4 is 34.5 Å². The SMILES string of the molecule is O=C(CCn1c(=O)oc2ccccc21)NCCNC(=O)c1ccc(Cl)cc1. The van der Waals surface area contributed by atoms with Gasteiger partial charge in [-0.25, -0.2) is 4.79 Å². The summed E-state index contributed by atoms with van der Waals surface area (Å²) in [6, 6.07) is 13.6. The fraction of sp³-hybridized carbons (Fsp3) is 0.211. The number of carbonyl (C=O) groups excluding carboxylic acids is 2. The van der Waals surface area contributed by atoms with E-state index in [-0.39, 0.29) is 24.8 Å². The first-order valence-electron chi connectivity index (χ1n) is 8.43. The maximum absolute atomic E-state index is 12.0. The molecule has 27 heavy (non-hydrogen) atoms. The van der Waals surface area contributed by atoms with E-state index in [0.29, 0.717) is 34.8 Å². The Morgan fingerprint density at radius 3 is 2.48 bits per heavy atom. The first-order chi connectivity index (χ1) is 13.0. The molecule has 2 amide bonds. The maximum atomic E-state index is 12.0. The van der Waals surface area contributed by atoms with Gasteiger partial charge in [0.15, 0.2) is 5.58 Å². The normalized spacial score (nSPS) is 10.7. The number of nitrogens with one attached hydrogen (secondary N) is 2. The summed E-state index contributed by atoms with van der Waals surface area (Å²) < 4.78 is 6.55. The second-order valence-corrected chi connectivity index (χ2v) is 6.29. The number of amides is 2. The standard InChI is InChI=1S/C19H18ClN3O4/c20-14-7-5-13(6-8-14)18(25)22-11-10-21-17(24)9-12-23-15-3-1-2-4-16(15)27-19(23)26/h1-8H,9-12H2,(H,21,24)(H,22,25). The van der Waals surface area contributed by atoms with Crippen LogP contribution < -0.4 is 16.4 Å². The molecular weight excluding hydrogens is 370 g/mol. The van der Waals surface area contributed by atoms with Crippen LogP contribution in [0.3, 0.4) is 0 Å². The van der Waals surface area contributed by atoms with Crippen molar-refractivity contribution in [2.45, 2.75) is 13.0 Å². The third kappa shape index (κ3) is 4.77. The number of aromatic nitrogens is 1. The molecular formula is C19H18ClN3O4. The van der Waals surface area contributed by atoms with Gasteiger partial charge in [0.05, 0.1) is 5.52 Å². The molecule has 0 saturated carbocycles. The van der Waals surface area contributed by atoms with Gasteiger partial charge < -0.3 is 15.1 Å². The van der Waals surface area contributed by atoms with Gasteiger partial charge in [-0.2, -0.15) is 0 Å². The lowest BCUT2D eigenvalue weighted by molar-refractivity contribution is -0.121. The second kappa shape index (κ2) is 8.55. The van der Waals surface area contributed by atoms with E-state index in [2.05, 4.69) is 10.6 Å². The zero-order valence-corrected chi connectivity index (χ0v) is 15.2. The minimum absolute atomic E-state index is 0.133. The van der Waals surface area contributed by atoms with Gasteiger partial charge in [0, 0.05) is 36.6 Å². The number of hydrogen-bond acceptors (Lipinski definition) is 4. The Hall–Kier alpha value is -3.06. The van der Waals surface area contributed by atoms with Gasteiger partial charge in [0.25, 0.3) is 5.91 Å². The molecule has 0 saturated heterocycles. The van der Waals surface area contributed by atoms with Gasteiger partial charge in [-0.1, -0.05) is 23.7 Å². The molecule has 0 aliphatic rings. The van der Waals surface area contributed by atoms with Gasteiger partial charge >= 0.3 is 5.76 Å². The molecule has 2 N–H and O–H groups in total. The highest BCUT2D eigenvalue weighted by atomic mass is 35.5. The van der Waals surface area contributed by atoms with E-state index in [1.807, 2.05) is 0 Å². The van der Waals surface area contributed by atoms with E-state index < -0.39 is 5.76 Å². The Morgan fingerprint density at radius 2 is 1.70 bits per heavy atom. The summed E-state index contributed by atoms with van der Waals surface area (Å²) in [6.45, 7) is 0.805. The van der Waals surface area contributed by atoms with Crippen LogP contribution in [0, 0.1) is 0 Å². The van der Waals surface area contributed by atoms with Crippen molar-refractivity contribution in [3.63, 3.8) is 0 Å². The van der Waals surface area contributed by atoms with Crippen LogP contribution in [0.25, 0.3) is 11.1 Å². The van der Waals surface area contributed by atoms with Gasteiger partial charge in [-0.15, -0.1) is 0 Å². The lowest BCUT2D eigenvalue weighted by atomic mass is 10.2. The number of carbonyl (C=O) groups is 2. The highest BCUT2D eigenvalue weighted by Crippen LogP contribution is 2.12. The van der Waals surface area contributed by atoms with Crippen molar-refractivity contribution < 1.29 is 14.0 Å². The van der Waals surface area contributed by atoms with E-state index in [1.54, 1.807) is 48.5 Å². The van der Waals surface area contributed by atoms with Crippen molar-refractivity contribution in [3.8, 4) is 0 Å². The van der Waals surface area contributed by atoms with Gasteiger partial charge in [0.2, 0.25) is 5.91 Å². The maximum Gasteiger partial charge on any atom is 0.419 e. The predicted molar refractivity (Wildman–Crippen MR) is 102 cm³/mol. The topological polar surface area (TPSA) is 93.3 Å². The molecule has 1 aromatic heterocycles. The smallest absolute Gasteiger partial charge is 0.408 e. The number of aryl methyl sites for hydroxylation is 1. The minimum Gasteiger partial charge on any atom is -0.408 e. The lowest BCUT2D eigenvalue weighted by Gasteiger charge is -2.07. The molecule has 0 aliphatic heterocycles. The van der Waals surface area contributed by atoms with E-state index in [9.17, 15) is 14.4 Å². The molecule has 0 unspecified atom stereocenters. The summed E-state index contributed by atoms with van der Waals surface area (Å²) in [4.78, 5) is 35.7. The van der Waals surface area contributed by atoms with Crippen LogP contribution in [0.5, 0.6) is 0 Å². The second-order valence-electron chi connectivity index (χ2n) is 5.85. The van der Waals surface area contributed by atoms with Crippen molar-refractivity contribution in [2.75, 3.05) is 13.1 Å². The number of benzene rings is 2. The molecule has 0 bridgehead atoms. The molecule has 8 heteroatoms. The molecule has 140 valence electrons. The van der Waals surface area contributed by atoms with Gasteiger partial charge in [-0.05, 0) is 36.4 Å². The summed E-state index contributed by atoms with van der Waals surface area (Å²) >= 11 is 5.78. The third-order valence-electron chi connectivity index (χ3n) is 3.98. The van der Waals surface area contributed by atoms with Crippen LogP contribution in [-0.4, -0.2) is 29.5 Å². The molecule has 0 spiro atoms. The Morgan fingerprint density at radius 1 is 1.00 bits per heavy atom. The summed E-state index contributed by atoms with van der Waals surface area (Å²) in [5.74, 6) is -0.940. The molecule has 0 fully saturated rings. The van der Waals surface area contributed by atoms with E-state index in [1.165, 1.54) is 4.57 Å². The van der Waals surface area contributed by atoms with E-state index >= 15 is 0 Å². The lowest BCUT2D eigenvalue weighted by Crippen LogP contribution is -2.35. The molecule has 0 radical (unpaired) electrons. The summed E-state index contributed by atoms with van der Waals surface area (Å²) in [7, 11) is 0. The fourth-order valence-corrected chi connectivity index (χ4v) is 2.73. The largest absolute Gasteiger partial charge is 0.419 e. The number of fused-ring (bicyclic) bond motifs is 1. The van der Waals surface area contributed by atoms with Crippen LogP contribution in [0.15, 0.2) is 57.7 Å². The van der Waals surface area contributed by atoms with Crippen molar-refractivity contribution in [2.24, 2.45) is 0 Å². The molecule has 3 rings (SSSR count). The minimum atomic E-state index is -0.487. The van der Waals surface area contributed by atoms with Crippen LogP contribution in [0.1, 0.15) is 16.8 Å². The fourth-order valence-electron chi connectivity index (χ4n) is 2.61. The zero-order valence-electron chi connectivity index (χ0n) is 14.4. The van der Waals surface area contributed by atoms with Crippen LogP contribution in [0.4, 0.5) is 0 Å². The van der Waals surface area contributed by atoms with Crippen molar-refractivity contribution in [1.82, 2.24) is 15.2 Å². The molecule has 0 atom stereocenters. The van der Waals surface area contributed by atoms with Crippen molar-refractivity contribution in [3.05, 3.63) is 69.7 Å². The first-order valence-corrected chi connectivity index (χ1v) is 8.81. The predicted octanol–water partition coefficient (Wildman–Crippen LogP) is 2.18. The quantitative estimate of drug-likeness (QED) is 0.608. The number of para-hydroxylation sites is 2. The number of halogens is 1. The van der Waals surface area contributed by atoms with E-state index in [0.717, 1.165) is 0 Å². The van der Waals surface area contributed by atoms with Crippen molar-refractivity contribution in [1.29, 1.82) is 0 Å². The highest BCUT2D eigenvalue weighted by Gasteiger charge is 2.10. The monoisotopic (exact) mass is 387 g/mol. The third-order valence-corrected chi connectivity index (χ3v) is 4.23. The van der Waals surface area contributed by atoms with Crippen LogP contribution in [0.2, 0.25) is 5.02 Å². The number of hydrogen-bond donors (Lipinski definition) is 2. The zero-order chi connectivity index (χ0) is 19.2. The van der Waals surface area contributed by atoms with Gasteiger partial charge in [-0.3, -0.25) is 14.2 Å². The van der Waals surface area contributed by atoms with E-state index in [4.69, 9.17) is 16.0 Å². The number of rotatable bonds is 7. The Balaban J connectivity index is 1.42. The Labute approximate surface area is 159 Å². The number of nitrogens with zero attached hydrogens (tertiary/aromatic N) is 1. The Bertz CT molecular complexity index is 1010. The average molecular weight is 388 g/mol. The molecule has 0 aliphatic carbocycles. The van der Waals surface area contributed by atoms with Gasteiger partial charge in [0.1, 0.15) is 0 Å².